The largest absolute Gasteiger partial charge is 0.455 e. The lowest BCUT2D eigenvalue weighted by Gasteiger charge is -2.31. The molecule has 25 heavy (non-hydrogen) atoms. The Bertz CT molecular complexity index is 631. The van der Waals surface area contributed by atoms with Crippen LogP contribution in [0.25, 0.3) is 0 Å². The smallest absolute Gasteiger partial charge is 0.316 e. The van der Waals surface area contributed by atoms with Crippen molar-refractivity contribution in [3.63, 3.8) is 0 Å². The molecule has 0 saturated heterocycles. The van der Waals surface area contributed by atoms with E-state index >= 15 is 0 Å². The second-order valence-electron chi connectivity index (χ2n) is 6.44. The topological polar surface area (TPSA) is 79.2 Å². The van der Waals surface area contributed by atoms with Crippen molar-refractivity contribution in [1.29, 1.82) is 5.26 Å². The summed E-state index contributed by atoms with van der Waals surface area (Å²) in [6.07, 6.45) is 4.28. The Morgan fingerprint density at radius 2 is 1.92 bits per heavy atom. The first kappa shape index (κ1) is 19.3. The van der Waals surface area contributed by atoms with Crippen LogP contribution in [0.3, 0.4) is 0 Å². The number of amides is 1. The van der Waals surface area contributed by atoms with E-state index in [-0.39, 0.29) is 12.4 Å². The quantitative estimate of drug-likeness (QED) is 0.756. The molecule has 0 atom stereocenters. The molecule has 6 heteroatoms. The van der Waals surface area contributed by atoms with Crippen molar-refractivity contribution in [2.75, 3.05) is 12.4 Å². The Labute approximate surface area is 153 Å². The summed E-state index contributed by atoms with van der Waals surface area (Å²) in [6.45, 7) is 1.70. The molecule has 1 N–H and O–H groups in total. The lowest BCUT2D eigenvalue weighted by Crippen LogP contribution is -2.50. The lowest BCUT2D eigenvalue weighted by atomic mass is 9.83. The Balaban J connectivity index is 1.66. The van der Waals surface area contributed by atoms with Crippen LogP contribution in [0.1, 0.15) is 43.2 Å². The molecule has 134 valence electrons. The van der Waals surface area contributed by atoms with Crippen LogP contribution < -0.4 is 5.32 Å². The molecule has 0 aliphatic heterocycles. The Kier molecular flexibility index (Phi) is 7.32. The number of thioether (sulfide) groups is 1. The van der Waals surface area contributed by atoms with Crippen LogP contribution in [0, 0.1) is 18.3 Å². The van der Waals surface area contributed by atoms with Gasteiger partial charge in [0.15, 0.2) is 6.61 Å². The fourth-order valence-electron chi connectivity index (χ4n) is 2.85. The van der Waals surface area contributed by atoms with Gasteiger partial charge in [0.1, 0.15) is 5.54 Å². The third kappa shape index (κ3) is 6.43. The highest BCUT2D eigenvalue weighted by molar-refractivity contribution is 7.99. The number of ether oxygens (including phenoxy) is 1. The molecule has 1 aromatic carbocycles. The Morgan fingerprint density at radius 3 is 2.56 bits per heavy atom. The van der Waals surface area contributed by atoms with Crippen LogP contribution in [-0.2, 0) is 20.1 Å². The maximum absolute atomic E-state index is 12.0. The summed E-state index contributed by atoms with van der Waals surface area (Å²) >= 11 is 1.45. The number of nitrogens with one attached hydrogen (secondary N) is 1. The van der Waals surface area contributed by atoms with Crippen LogP contribution in [-0.4, -0.2) is 29.8 Å². The molecule has 1 fully saturated rings. The van der Waals surface area contributed by atoms with Gasteiger partial charge in [-0.1, -0.05) is 49.1 Å². The van der Waals surface area contributed by atoms with Gasteiger partial charge in [0, 0.05) is 5.75 Å². The van der Waals surface area contributed by atoms with Crippen LogP contribution in [0.2, 0.25) is 0 Å². The average Bonchev–Trinajstić information content (AvgIpc) is 2.62. The van der Waals surface area contributed by atoms with Gasteiger partial charge in [-0.3, -0.25) is 9.59 Å². The summed E-state index contributed by atoms with van der Waals surface area (Å²) < 4.78 is 5.01. The van der Waals surface area contributed by atoms with E-state index in [2.05, 4.69) is 11.4 Å². The number of carbonyl (C=O) groups is 2. The highest BCUT2D eigenvalue weighted by Crippen LogP contribution is 2.27. The number of nitrogens with zero attached hydrogens (tertiary/aromatic N) is 1. The van der Waals surface area contributed by atoms with Gasteiger partial charge in [0.05, 0.1) is 11.8 Å². The monoisotopic (exact) mass is 360 g/mol. The van der Waals surface area contributed by atoms with Crippen molar-refractivity contribution in [2.24, 2.45) is 0 Å². The Hall–Kier alpha value is -2.00. The first-order chi connectivity index (χ1) is 12.0. The number of hydrogen-bond donors (Lipinski definition) is 1. The molecular weight excluding hydrogens is 336 g/mol. The van der Waals surface area contributed by atoms with Crippen molar-refractivity contribution in [3.05, 3.63) is 35.4 Å². The highest BCUT2D eigenvalue weighted by atomic mass is 32.2. The molecule has 1 aliphatic rings. The fraction of sp³-hybridized carbons (Fsp3) is 0.526. The van der Waals surface area contributed by atoms with E-state index in [9.17, 15) is 14.9 Å². The SMILES string of the molecule is Cc1ccc(CSCC(=O)OCC(=O)NC2(C#N)CCCCC2)cc1. The van der Waals surface area contributed by atoms with E-state index in [0.717, 1.165) is 30.6 Å². The summed E-state index contributed by atoms with van der Waals surface area (Å²) in [4.78, 5) is 23.7. The minimum absolute atomic E-state index is 0.199. The molecule has 0 unspecified atom stereocenters. The summed E-state index contributed by atoms with van der Waals surface area (Å²) in [5, 5.41) is 12.1. The molecule has 1 aliphatic carbocycles. The molecule has 1 saturated carbocycles. The average molecular weight is 360 g/mol. The number of aryl methyl sites for hydroxylation is 1. The van der Waals surface area contributed by atoms with E-state index in [0.29, 0.717) is 12.8 Å². The molecule has 1 aromatic rings. The van der Waals surface area contributed by atoms with Crippen molar-refractivity contribution in [1.82, 2.24) is 5.32 Å². The first-order valence-electron chi connectivity index (χ1n) is 8.54. The molecular formula is C19H24N2O3S. The van der Waals surface area contributed by atoms with Gasteiger partial charge in [-0.15, -0.1) is 11.8 Å². The molecule has 0 bridgehead atoms. The lowest BCUT2D eigenvalue weighted by molar-refractivity contribution is -0.146. The minimum Gasteiger partial charge on any atom is -0.455 e. The normalized spacial score (nSPS) is 15.8. The summed E-state index contributed by atoms with van der Waals surface area (Å²) in [5.74, 6) is 0.103. The second kappa shape index (κ2) is 9.47. The molecule has 2 rings (SSSR count). The molecule has 0 aromatic heterocycles. The van der Waals surface area contributed by atoms with Crippen molar-refractivity contribution in [2.45, 2.75) is 50.3 Å². The fourth-order valence-corrected chi connectivity index (χ4v) is 3.63. The first-order valence-corrected chi connectivity index (χ1v) is 9.70. The minimum atomic E-state index is -0.790. The predicted molar refractivity (Wildman–Crippen MR) is 97.9 cm³/mol. The van der Waals surface area contributed by atoms with Crippen molar-refractivity contribution < 1.29 is 14.3 Å². The summed E-state index contributed by atoms with van der Waals surface area (Å²) in [7, 11) is 0. The zero-order valence-corrected chi connectivity index (χ0v) is 15.4. The summed E-state index contributed by atoms with van der Waals surface area (Å²) in [5.41, 5.74) is 1.56. The molecule has 0 spiro atoms. The maximum atomic E-state index is 12.0. The van der Waals surface area contributed by atoms with Gasteiger partial charge in [-0.05, 0) is 25.3 Å². The highest BCUT2D eigenvalue weighted by Gasteiger charge is 2.33. The third-order valence-electron chi connectivity index (χ3n) is 4.27. The maximum Gasteiger partial charge on any atom is 0.316 e. The van der Waals surface area contributed by atoms with Gasteiger partial charge in [0.2, 0.25) is 0 Å². The molecule has 0 heterocycles. The van der Waals surface area contributed by atoms with Crippen LogP contribution >= 0.6 is 11.8 Å². The van der Waals surface area contributed by atoms with E-state index in [1.54, 1.807) is 0 Å². The van der Waals surface area contributed by atoms with Gasteiger partial charge in [-0.25, -0.2) is 0 Å². The van der Waals surface area contributed by atoms with Crippen LogP contribution in [0.4, 0.5) is 0 Å². The van der Waals surface area contributed by atoms with Gasteiger partial charge in [0.25, 0.3) is 5.91 Å². The van der Waals surface area contributed by atoms with Gasteiger partial charge in [-0.2, -0.15) is 5.26 Å². The molecule has 5 nitrogen and oxygen atoms in total. The number of hydrogen-bond acceptors (Lipinski definition) is 5. The van der Waals surface area contributed by atoms with Gasteiger partial charge < -0.3 is 10.1 Å². The number of rotatable bonds is 7. The van der Waals surface area contributed by atoms with E-state index < -0.39 is 17.4 Å². The number of nitriles is 1. The second-order valence-corrected chi connectivity index (χ2v) is 7.43. The standard InChI is InChI=1S/C19H24N2O3S/c1-15-5-7-16(8-6-15)12-25-13-18(23)24-11-17(22)21-19(14-20)9-3-2-4-10-19/h5-8H,2-4,9-13H2,1H3,(H,21,22). The zero-order valence-electron chi connectivity index (χ0n) is 14.5. The third-order valence-corrected chi connectivity index (χ3v) is 5.25. The van der Waals surface area contributed by atoms with E-state index in [4.69, 9.17) is 4.74 Å². The van der Waals surface area contributed by atoms with E-state index in [1.165, 1.54) is 17.3 Å². The predicted octanol–water partition coefficient (Wildman–Crippen LogP) is 3.11. The van der Waals surface area contributed by atoms with Crippen molar-refractivity contribution >= 4 is 23.6 Å². The zero-order chi connectivity index (χ0) is 18.1. The molecule has 1 amide bonds. The Morgan fingerprint density at radius 1 is 1.24 bits per heavy atom. The number of carbonyl (C=O) groups excluding carboxylic acids is 2. The van der Waals surface area contributed by atoms with E-state index in [1.807, 2.05) is 31.2 Å². The number of benzene rings is 1. The van der Waals surface area contributed by atoms with Crippen LogP contribution in [0.5, 0.6) is 0 Å². The van der Waals surface area contributed by atoms with Crippen molar-refractivity contribution in [3.8, 4) is 6.07 Å². The van der Waals surface area contributed by atoms with Gasteiger partial charge >= 0.3 is 5.97 Å². The molecule has 0 radical (unpaired) electrons. The van der Waals surface area contributed by atoms with Crippen LogP contribution in [0.15, 0.2) is 24.3 Å². The number of esters is 1. The summed E-state index contributed by atoms with van der Waals surface area (Å²) in [6, 6.07) is 10.4.